The Labute approximate surface area is 135 Å². The molecule has 0 spiro atoms. The van der Waals surface area contributed by atoms with Gasteiger partial charge in [-0.05, 0) is 18.4 Å². The molecule has 2 amide bonds. The van der Waals surface area contributed by atoms with Gasteiger partial charge in [-0.2, -0.15) is 0 Å². The number of aliphatic carboxylic acids is 1. The zero-order valence-corrected chi connectivity index (χ0v) is 13.0. The molecule has 0 saturated carbocycles. The molecule has 1 aromatic carbocycles. The average molecular weight is 318 g/mol. The summed E-state index contributed by atoms with van der Waals surface area (Å²) in [5.41, 5.74) is 0.893. The first-order valence-electron chi connectivity index (χ1n) is 7.46. The molecule has 0 bridgehead atoms. The summed E-state index contributed by atoms with van der Waals surface area (Å²) < 4.78 is 0. The summed E-state index contributed by atoms with van der Waals surface area (Å²) in [5, 5.41) is 14.1. The number of amides is 2. The van der Waals surface area contributed by atoms with Gasteiger partial charge in [0.25, 0.3) is 0 Å². The van der Waals surface area contributed by atoms with Crippen LogP contribution in [0.25, 0.3) is 0 Å². The second-order valence-corrected chi connectivity index (χ2v) is 5.09. The van der Waals surface area contributed by atoms with E-state index < -0.39 is 17.9 Å². The molecule has 0 aliphatic carbocycles. The van der Waals surface area contributed by atoms with Gasteiger partial charge in [-0.3, -0.25) is 9.59 Å². The minimum atomic E-state index is -1.08. The van der Waals surface area contributed by atoms with E-state index >= 15 is 0 Å². The van der Waals surface area contributed by atoms with Gasteiger partial charge in [0.15, 0.2) is 0 Å². The predicted molar refractivity (Wildman–Crippen MR) is 86.8 cm³/mol. The van der Waals surface area contributed by atoms with E-state index in [1.807, 2.05) is 30.3 Å². The topological polar surface area (TPSA) is 95.5 Å². The zero-order chi connectivity index (χ0) is 17.1. The molecular weight excluding hydrogens is 296 g/mol. The zero-order valence-electron chi connectivity index (χ0n) is 13.0. The largest absolute Gasteiger partial charge is 0.480 e. The molecule has 0 radical (unpaired) electrons. The SMILES string of the molecule is C=CCCC(NC(=O)CCNC(=O)Cc1ccccc1)C(=O)O. The maximum absolute atomic E-state index is 11.7. The van der Waals surface area contributed by atoms with Gasteiger partial charge >= 0.3 is 5.97 Å². The molecule has 23 heavy (non-hydrogen) atoms. The summed E-state index contributed by atoms with van der Waals surface area (Å²) in [6, 6.07) is 8.35. The fraction of sp³-hybridized carbons (Fsp3) is 0.353. The molecule has 6 heteroatoms. The molecule has 0 fully saturated rings. The maximum atomic E-state index is 11.7. The molecule has 1 unspecified atom stereocenters. The molecular formula is C17H22N2O4. The van der Waals surface area contributed by atoms with Crippen LogP contribution in [0.1, 0.15) is 24.8 Å². The van der Waals surface area contributed by atoms with Gasteiger partial charge in [0.05, 0.1) is 6.42 Å². The first-order chi connectivity index (χ1) is 11.0. The number of carboxylic acids is 1. The van der Waals surface area contributed by atoms with Gasteiger partial charge in [0, 0.05) is 13.0 Å². The van der Waals surface area contributed by atoms with Crippen LogP contribution in [0.4, 0.5) is 0 Å². The third kappa shape index (κ3) is 7.80. The van der Waals surface area contributed by atoms with Crippen LogP contribution < -0.4 is 10.6 Å². The van der Waals surface area contributed by atoms with Gasteiger partial charge in [-0.15, -0.1) is 6.58 Å². The highest BCUT2D eigenvalue weighted by Crippen LogP contribution is 2.00. The quantitative estimate of drug-likeness (QED) is 0.566. The third-order valence-electron chi connectivity index (χ3n) is 3.17. The number of allylic oxidation sites excluding steroid dienone is 1. The van der Waals surface area contributed by atoms with Crippen LogP contribution in [-0.2, 0) is 20.8 Å². The van der Waals surface area contributed by atoms with E-state index in [1.54, 1.807) is 6.08 Å². The van der Waals surface area contributed by atoms with Gasteiger partial charge in [-0.25, -0.2) is 4.79 Å². The lowest BCUT2D eigenvalue weighted by Gasteiger charge is -2.13. The fourth-order valence-electron chi connectivity index (χ4n) is 1.97. The summed E-state index contributed by atoms with van der Waals surface area (Å²) in [4.78, 5) is 34.4. The van der Waals surface area contributed by atoms with Crippen LogP contribution in [0.3, 0.4) is 0 Å². The van der Waals surface area contributed by atoms with E-state index in [9.17, 15) is 14.4 Å². The molecule has 0 heterocycles. The Morgan fingerprint density at radius 2 is 1.87 bits per heavy atom. The average Bonchev–Trinajstić information content (AvgIpc) is 2.52. The fourth-order valence-corrected chi connectivity index (χ4v) is 1.97. The van der Waals surface area contributed by atoms with Crippen molar-refractivity contribution >= 4 is 17.8 Å². The summed E-state index contributed by atoms with van der Waals surface area (Å²) in [6.45, 7) is 3.69. The van der Waals surface area contributed by atoms with E-state index in [0.29, 0.717) is 12.8 Å². The highest BCUT2D eigenvalue weighted by molar-refractivity contribution is 5.84. The molecule has 1 aromatic rings. The Bertz CT molecular complexity index is 543. The summed E-state index contributed by atoms with van der Waals surface area (Å²) in [7, 11) is 0. The maximum Gasteiger partial charge on any atom is 0.326 e. The van der Waals surface area contributed by atoms with Crippen LogP contribution in [0.15, 0.2) is 43.0 Å². The van der Waals surface area contributed by atoms with E-state index in [0.717, 1.165) is 5.56 Å². The van der Waals surface area contributed by atoms with Gasteiger partial charge in [0.1, 0.15) is 6.04 Å². The molecule has 124 valence electrons. The monoisotopic (exact) mass is 318 g/mol. The van der Waals surface area contributed by atoms with Crippen LogP contribution in [0.5, 0.6) is 0 Å². The first kappa shape index (κ1) is 18.4. The predicted octanol–water partition coefficient (Wildman–Crippen LogP) is 1.27. The number of benzene rings is 1. The second kappa shape index (κ2) is 10.2. The highest BCUT2D eigenvalue weighted by atomic mass is 16.4. The van der Waals surface area contributed by atoms with Crippen molar-refractivity contribution in [2.75, 3.05) is 6.54 Å². The van der Waals surface area contributed by atoms with Gasteiger partial charge in [-0.1, -0.05) is 36.4 Å². The Kier molecular flexibility index (Phi) is 8.13. The van der Waals surface area contributed by atoms with Crippen molar-refractivity contribution in [3.8, 4) is 0 Å². The Morgan fingerprint density at radius 1 is 1.17 bits per heavy atom. The Morgan fingerprint density at radius 3 is 2.48 bits per heavy atom. The van der Waals surface area contributed by atoms with Crippen molar-refractivity contribution in [2.45, 2.75) is 31.7 Å². The van der Waals surface area contributed by atoms with Crippen LogP contribution in [0.2, 0.25) is 0 Å². The van der Waals surface area contributed by atoms with Crippen molar-refractivity contribution in [2.24, 2.45) is 0 Å². The Hall–Kier alpha value is -2.63. The van der Waals surface area contributed by atoms with E-state index in [1.165, 1.54) is 0 Å². The van der Waals surface area contributed by atoms with Crippen molar-refractivity contribution in [3.05, 3.63) is 48.6 Å². The number of carbonyl (C=O) groups excluding carboxylic acids is 2. The highest BCUT2D eigenvalue weighted by Gasteiger charge is 2.18. The number of carboxylic acid groups (broad SMARTS) is 1. The molecule has 0 saturated heterocycles. The molecule has 1 atom stereocenters. The van der Waals surface area contributed by atoms with E-state index in [-0.39, 0.29) is 25.3 Å². The molecule has 0 aliphatic rings. The van der Waals surface area contributed by atoms with Crippen LogP contribution in [-0.4, -0.2) is 35.5 Å². The standard InChI is InChI=1S/C17H22N2O4/c1-2-3-9-14(17(22)23)19-15(20)10-11-18-16(21)12-13-7-5-4-6-8-13/h2,4-8,14H,1,3,9-12H2,(H,18,21)(H,19,20)(H,22,23). The number of carbonyl (C=O) groups is 3. The van der Waals surface area contributed by atoms with E-state index in [4.69, 9.17) is 5.11 Å². The van der Waals surface area contributed by atoms with Crippen molar-refractivity contribution < 1.29 is 19.5 Å². The number of nitrogens with one attached hydrogen (secondary N) is 2. The van der Waals surface area contributed by atoms with Crippen LogP contribution in [0, 0.1) is 0 Å². The minimum absolute atomic E-state index is 0.0401. The van der Waals surface area contributed by atoms with Gasteiger partial charge in [0.2, 0.25) is 11.8 Å². The minimum Gasteiger partial charge on any atom is -0.480 e. The van der Waals surface area contributed by atoms with Crippen LogP contribution >= 0.6 is 0 Å². The molecule has 6 nitrogen and oxygen atoms in total. The summed E-state index contributed by atoms with van der Waals surface area (Å²) >= 11 is 0. The van der Waals surface area contributed by atoms with E-state index in [2.05, 4.69) is 17.2 Å². The first-order valence-corrected chi connectivity index (χ1v) is 7.46. The summed E-state index contributed by atoms with van der Waals surface area (Å²) in [6.07, 6.45) is 2.69. The molecule has 0 aliphatic heterocycles. The van der Waals surface area contributed by atoms with Crippen molar-refractivity contribution in [3.63, 3.8) is 0 Å². The normalized spacial score (nSPS) is 11.3. The lowest BCUT2D eigenvalue weighted by Crippen LogP contribution is -2.42. The lowest BCUT2D eigenvalue weighted by molar-refractivity contribution is -0.142. The number of hydrogen-bond donors (Lipinski definition) is 3. The molecule has 3 N–H and O–H groups in total. The van der Waals surface area contributed by atoms with Crippen molar-refractivity contribution in [1.82, 2.24) is 10.6 Å². The van der Waals surface area contributed by atoms with Gasteiger partial charge < -0.3 is 15.7 Å². The number of rotatable bonds is 10. The molecule has 1 rings (SSSR count). The molecule has 0 aromatic heterocycles. The smallest absolute Gasteiger partial charge is 0.326 e. The van der Waals surface area contributed by atoms with Crippen molar-refractivity contribution in [1.29, 1.82) is 0 Å². The second-order valence-electron chi connectivity index (χ2n) is 5.09. The third-order valence-corrected chi connectivity index (χ3v) is 3.17. The Balaban J connectivity index is 2.28. The number of hydrogen-bond acceptors (Lipinski definition) is 3. The lowest BCUT2D eigenvalue weighted by atomic mass is 10.1. The summed E-state index contributed by atoms with van der Waals surface area (Å²) in [5.74, 6) is -1.65.